The van der Waals surface area contributed by atoms with Gasteiger partial charge in [0, 0.05) is 55.2 Å². The Kier molecular flexibility index (Phi) is 8.89. The van der Waals surface area contributed by atoms with E-state index in [2.05, 4.69) is 41.8 Å². The number of rotatable bonds is 7. The second-order valence-electron chi connectivity index (χ2n) is 14.2. The maximum Gasteiger partial charge on any atom is 0.337 e. The lowest BCUT2D eigenvalue weighted by molar-refractivity contribution is -0.160. The summed E-state index contributed by atoms with van der Waals surface area (Å²) in [4.78, 5) is 22.3. The third-order valence-corrected chi connectivity index (χ3v) is 8.95. The van der Waals surface area contributed by atoms with Crippen LogP contribution < -0.4 is 4.90 Å². The predicted molar refractivity (Wildman–Crippen MR) is 170 cm³/mol. The van der Waals surface area contributed by atoms with E-state index in [1.807, 2.05) is 34.6 Å². The molecule has 236 valence electrons. The quantitative estimate of drug-likeness (QED) is 0.297. The van der Waals surface area contributed by atoms with Gasteiger partial charge in [0.15, 0.2) is 17.7 Å². The Hall–Kier alpha value is -3.36. The number of benzene rings is 2. The molecule has 5 rings (SSSR count). The number of aliphatic carboxylic acids is 1. The van der Waals surface area contributed by atoms with Crippen LogP contribution in [0, 0.1) is 30.9 Å². The standard InChI is InChI=1S/C36H45F2N3O3/c1-22-30(26-9-10-27-21-40(15-12-25(27)19-26)20-24-8-11-28(37)29(38)18-24)32(41-16-13-36(6,7)14-17-41)31(23(2)39-22)33(34(42)43)44-35(3,4)5/h8-11,18-19,33H,12-17,20-21H2,1-7H3,(H,42,43)/t33-/m0/s1. The summed E-state index contributed by atoms with van der Waals surface area (Å²) in [5, 5.41) is 10.5. The minimum atomic E-state index is -1.16. The number of aryl methyl sites for hydroxylation is 2. The molecule has 0 radical (unpaired) electrons. The number of ether oxygens (including phenoxy) is 1. The summed E-state index contributed by atoms with van der Waals surface area (Å²) in [5.74, 6) is -2.68. The van der Waals surface area contributed by atoms with Gasteiger partial charge in [-0.1, -0.05) is 38.1 Å². The molecule has 0 amide bonds. The number of hydrogen-bond donors (Lipinski definition) is 1. The minimum absolute atomic E-state index is 0.222. The molecule has 1 saturated heterocycles. The van der Waals surface area contributed by atoms with Crippen molar-refractivity contribution >= 4 is 11.7 Å². The number of pyridine rings is 1. The average Bonchev–Trinajstić information content (AvgIpc) is 2.93. The molecule has 8 heteroatoms. The third-order valence-electron chi connectivity index (χ3n) is 8.95. The van der Waals surface area contributed by atoms with Crippen molar-refractivity contribution in [2.45, 2.75) is 92.5 Å². The lowest BCUT2D eigenvalue weighted by atomic mass is 9.81. The smallest absolute Gasteiger partial charge is 0.337 e. The average molecular weight is 606 g/mol. The van der Waals surface area contributed by atoms with Gasteiger partial charge in [0.05, 0.1) is 11.3 Å². The summed E-state index contributed by atoms with van der Waals surface area (Å²) < 4.78 is 33.5. The van der Waals surface area contributed by atoms with Crippen molar-refractivity contribution in [3.8, 4) is 11.1 Å². The molecule has 1 fully saturated rings. The first-order valence-electron chi connectivity index (χ1n) is 15.6. The number of carboxylic acids is 1. The fourth-order valence-corrected chi connectivity index (χ4v) is 6.55. The highest BCUT2D eigenvalue weighted by Crippen LogP contribution is 2.45. The zero-order valence-corrected chi connectivity index (χ0v) is 27.1. The molecule has 1 N–H and O–H groups in total. The second-order valence-corrected chi connectivity index (χ2v) is 14.2. The van der Waals surface area contributed by atoms with E-state index in [1.165, 1.54) is 23.3 Å². The molecular weight excluding hydrogens is 560 g/mol. The second kappa shape index (κ2) is 12.2. The van der Waals surface area contributed by atoms with Gasteiger partial charge in [0.2, 0.25) is 0 Å². The van der Waals surface area contributed by atoms with Crippen molar-refractivity contribution in [2.24, 2.45) is 5.41 Å². The van der Waals surface area contributed by atoms with Crippen LogP contribution in [-0.4, -0.2) is 46.2 Å². The summed E-state index contributed by atoms with van der Waals surface area (Å²) in [7, 11) is 0. The Morgan fingerprint density at radius 3 is 2.34 bits per heavy atom. The first-order chi connectivity index (χ1) is 20.6. The highest BCUT2D eigenvalue weighted by molar-refractivity contribution is 5.88. The summed E-state index contributed by atoms with van der Waals surface area (Å²) in [6.07, 6.45) is 1.66. The van der Waals surface area contributed by atoms with E-state index in [0.29, 0.717) is 24.3 Å². The summed E-state index contributed by atoms with van der Waals surface area (Å²) >= 11 is 0. The van der Waals surface area contributed by atoms with E-state index < -0.39 is 29.3 Å². The molecule has 1 aromatic heterocycles. The number of halogens is 2. The predicted octanol–water partition coefficient (Wildman–Crippen LogP) is 7.77. The van der Waals surface area contributed by atoms with Gasteiger partial charge in [0.25, 0.3) is 0 Å². The van der Waals surface area contributed by atoms with Gasteiger partial charge in [0.1, 0.15) is 0 Å². The minimum Gasteiger partial charge on any atom is -0.479 e. The highest BCUT2D eigenvalue weighted by atomic mass is 19.2. The number of fused-ring (bicyclic) bond motifs is 1. The van der Waals surface area contributed by atoms with Crippen molar-refractivity contribution < 1.29 is 23.4 Å². The molecule has 3 aromatic rings. The fraction of sp³-hybridized carbons (Fsp3) is 0.500. The molecule has 0 aliphatic carbocycles. The van der Waals surface area contributed by atoms with Crippen molar-refractivity contribution in [3.63, 3.8) is 0 Å². The van der Waals surface area contributed by atoms with Crippen LogP contribution in [0.3, 0.4) is 0 Å². The Labute approximate surface area is 260 Å². The molecular formula is C36H45F2N3O3. The third kappa shape index (κ3) is 6.97. The normalized spacial score (nSPS) is 17.8. The van der Waals surface area contributed by atoms with Crippen LogP contribution >= 0.6 is 0 Å². The van der Waals surface area contributed by atoms with E-state index in [0.717, 1.165) is 67.0 Å². The topological polar surface area (TPSA) is 65.9 Å². The lowest BCUT2D eigenvalue weighted by Gasteiger charge is -2.41. The maximum absolute atomic E-state index is 13.8. The largest absolute Gasteiger partial charge is 0.479 e. The molecule has 0 saturated carbocycles. The van der Waals surface area contributed by atoms with E-state index in [1.54, 1.807) is 6.07 Å². The van der Waals surface area contributed by atoms with E-state index in [-0.39, 0.29) is 5.41 Å². The number of hydrogen-bond acceptors (Lipinski definition) is 5. The van der Waals surface area contributed by atoms with Crippen LogP contribution in [0.1, 0.15) is 87.2 Å². The zero-order valence-electron chi connectivity index (χ0n) is 27.1. The highest BCUT2D eigenvalue weighted by Gasteiger charge is 2.36. The molecule has 2 aromatic carbocycles. The molecule has 0 spiro atoms. The van der Waals surface area contributed by atoms with Gasteiger partial charge in [-0.2, -0.15) is 0 Å². The SMILES string of the molecule is Cc1nc(C)c([C@H](OC(C)(C)C)C(=O)O)c(N2CCC(C)(C)CC2)c1-c1ccc2c(c1)CCN(Cc1ccc(F)c(F)c1)C2. The Morgan fingerprint density at radius 1 is 1.00 bits per heavy atom. The van der Waals surface area contributed by atoms with Crippen LogP contribution in [-0.2, 0) is 29.0 Å². The summed E-state index contributed by atoms with van der Waals surface area (Å²) in [6, 6.07) is 10.6. The molecule has 0 bridgehead atoms. The first kappa shape index (κ1) is 32.0. The van der Waals surface area contributed by atoms with Crippen LogP contribution in [0.25, 0.3) is 11.1 Å². The molecule has 6 nitrogen and oxygen atoms in total. The zero-order chi connectivity index (χ0) is 32.0. The van der Waals surface area contributed by atoms with Crippen LogP contribution in [0.5, 0.6) is 0 Å². The van der Waals surface area contributed by atoms with E-state index in [9.17, 15) is 18.7 Å². The molecule has 2 aliphatic rings. The molecule has 2 aliphatic heterocycles. The number of anilines is 1. The fourth-order valence-electron chi connectivity index (χ4n) is 6.55. The lowest BCUT2D eigenvalue weighted by Crippen LogP contribution is -2.39. The maximum atomic E-state index is 13.8. The van der Waals surface area contributed by atoms with Crippen LogP contribution in [0.4, 0.5) is 14.5 Å². The molecule has 44 heavy (non-hydrogen) atoms. The number of aromatic nitrogens is 1. The number of piperidine rings is 1. The molecule has 0 unspecified atom stereocenters. The van der Waals surface area contributed by atoms with Gasteiger partial charge < -0.3 is 14.7 Å². The van der Waals surface area contributed by atoms with Gasteiger partial charge in [-0.3, -0.25) is 9.88 Å². The van der Waals surface area contributed by atoms with Crippen molar-refractivity contribution in [1.29, 1.82) is 0 Å². The number of carboxylic acid groups (broad SMARTS) is 1. The molecule has 3 heterocycles. The van der Waals surface area contributed by atoms with Gasteiger partial charge in [-0.25, -0.2) is 13.6 Å². The monoisotopic (exact) mass is 605 g/mol. The van der Waals surface area contributed by atoms with Crippen molar-refractivity contribution in [3.05, 3.63) is 81.7 Å². The summed E-state index contributed by atoms with van der Waals surface area (Å²) in [5.41, 5.74) is 7.79. The number of carbonyl (C=O) groups is 1. The molecule has 1 atom stereocenters. The number of nitrogens with zero attached hydrogens (tertiary/aromatic N) is 3. The van der Waals surface area contributed by atoms with Gasteiger partial charge >= 0.3 is 5.97 Å². The van der Waals surface area contributed by atoms with Crippen LogP contribution in [0.15, 0.2) is 36.4 Å². The first-order valence-corrected chi connectivity index (χ1v) is 15.6. The van der Waals surface area contributed by atoms with Gasteiger partial charge in [-0.15, -0.1) is 0 Å². The van der Waals surface area contributed by atoms with Crippen molar-refractivity contribution in [2.75, 3.05) is 24.5 Å². The van der Waals surface area contributed by atoms with E-state index >= 15 is 0 Å². The summed E-state index contributed by atoms with van der Waals surface area (Å²) in [6.45, 7) is 17.8. The van der Waals surface area contributed by atoms with Crippen molar-refractivity contribution in [1.82, 2.24) is 9.88 Å². The Morgan fingerprint density at radius 2 is 1.70 bits per heavy atom. The Bertz CT molecular complexity index is 1550. The van der Waals surface area contributed by atoms with Gasteiger partial charge in [-0.05, 0) is 93.7 Å². The van der Waals surface area contributed by atoms with E-state index in [4.69, 9.17) is 9.72 Å². The van der Waals surface area contributed by atoms with Crippen LogP contribution in [0.2, 0.25) is 0 Å². The Balaban J connectivity index is 1.56.